The Morgan fingerprint density at radius 1 is 0.914 bits per heavy atom. The third-order valence-corrected chi connectivity index (χ3v) is 7.66. The third kappa shape index (κ3) is 7.39. The van der Waals surface area contributed by atoms with Crippen LogP contribution in [0.4, 0.5) is 4.79 Å². The molecular weight excluding hydrogens is 446 g/mol. The Morgan fingerprint density at radius 2 is 1.51 bits per heavy atom. The monoisotopic (exact) mass is 487 g/mol. The Morgan fingerprint density at radius 3 is 2.17 bits per heavy atom. The molecule has 35 heavy (non-hydrogen) atoms. The number of hydrogen-bond acceptors (Lipinski definition) is 7. The van der Waals surface area contributed by atoms with Crippen LogP contribution in [0.5, 0.6) is 0 Å². The lowest BCUT2D eigenvalue weighted by Gasteiger charge is -2.39. The number of carbonyl (C=O) groups is 2. The van der Waals surface area contributed by atoms with E-state index in [4.69, 9.17) is 9.84 Å². The van der Waals surface area contributed by atoms with Gasteiger partial charge in [-0.3, -0.25) is 14.6 Å². The fourth-order valence-electron chi connectivity index (χ4n) is 5.48. The second-order valence-corrected chi connectivity index (χ2v) is 10.1. The number of carbonyl (C=O) groups excluding carboxylic acids is 1. The fourth-order valence-corrected chi connectivity index (χ4v) is 5.48. The first-order chi connectivity index (χ1) is 17.0. The standard InChI is InChI=1S/C26H41N5O4/c1-27-23(9-5-11-28-13-15-30(16-14-28)21-22-7-3-2-4-8-22)25(35-26(27)34)31-19-17-29(18-20-31)12-6-10-24(32)33/h2-4,7-8,23,25H,5-6,9-21H2,1H3,(H,32,33). The van der Waals surface area contributed by atoms with E-state index in [1.165, 1.54) is 5.56 Å². The molecule has 0 aromatic heterocycles. The molecule has 3 heterocycles. The van der Waals surface area contributed by atoms with Crippen molar-refractivity contribution in [1.29, 1.82) is 0 Å². The fraction of sp³-hybridized carbons (Fsp3) is 0.692. The van der Waals surface area contributed by atoms with Gasteiger partial charge in [-0.05, 0) is 37.9 Å². The highest BCUT2D eigenvalue weighted by molar-refractivity contribution is 5.70. The molecule has 3 fully saturated rings. The molecule has 2 unspecified atom stereocenters. The average molecular weight is 488 g/mol. The molecule has 9 nitrogen and oxygen atoms in total. The van der Waals surface area contributed by atoms with Crippen LogP contribution >= 0.6 is 0 Å². The van der Waals surface area contributed by atoms with Crippen LogP contribution in [0.1, 0.15) is 31.2 Å². The quantitative estimate of drug-likeness (QED) is 0.507. The number of piperazine rings is 2. The van der Waals surface area contributed by atoms with E-state index in [1.54, 1.807) is 4.90 Å². The van der Waals surface area contributed by atoms with Gasteiger partial charge in [0.1, 0.15) is 0 Å². The van der Waals surface area contributed by atoms with Crippen LogP contribution in [0.15, 0.2) is 30.3 Å². The summed E-state index contributed by atoms with van der Waals surface area (Å²) in [6, 6.07) is 10.8. The van der Waals surface area contributed by atoms with E-state index in [9.17, 15) is 9.59 Å². The van der Waals surface area contributed by atoms with Crippen molar-refractivity contribution in [2.75, 3.05) is 72.5 Å². The normalized spacial score (nSPS) is 25.2. The lowest BCUT2D eigenvalue weighted by molar-refractivity contribution is -0.137. The molecule has 1 aromatic carbocycles. The highest BCUT2D eigenvalue weighted by atomic mass is 16.6. The molecule has 194 valence electrons. The Balaban J connectivity index is 1.17. The maximum absolute atomic E-state index is 12.4. The highest BCUT2D eigenvalue weighted by Gasteiger charge is 2.43. The van der Waals surface area contributed by atoms with E-state index in [1.807, 2.05) is 7.05 Å². The third-order valence-electron chi connectivity index (χ3n) is 7.66. The molecule has 4 rings (SSSR count). The molecule has 2 atom stereocenters. The molecule has 0 spiro atoms. The van der Waals surface area contributed by atoms with Gasteiger partial charge in [0, 0.05) is 72.4 Å². The number of ether oxygens (including phenoxy) is 1. The summed E-state index contributed by atoms with van der Waals surface area (Å²) in [5.41, 5.74) is 1.38. The van der Waals surface area contributed by atoms with Gasteiger partial charge in [-0.15, -0.1) is 0 Å². The number of carboxylic acids is 1. The van der Waals surface area contributed by atoms with Gasteiger partial charge in [0.05, 0.1) is 6.04 Å². The van der Waals surface area contributed by atoms with Crippen LogP contribution in [-0.4, -0.2) is 126 Å². The van der Waals surface area contributed by atoms with E-state index in [2.05, 4.69) is 49.9 Å². The SMILES string of the molecule is CN1C(=O)OC(N2CCN(CCCC(=O)O)CC2)C1CCCN1CCN(Cc2ccccc2)CC1. The Kier molecular flexibility index (Phi) is 9.37. The number of nitrogens with zero attached hydrogens (tertiary/aromatic N) is 5. The zero-order valence-corrected chi connectivity index (χ0v) is 21.1. The predicted octanol–water partition coefficient (Wildman–Crippen LogP) is 1.84. The summed E-state index contributed by atoms with van der Waals surface area (Å²) in [7, 11) is 1.86. The Bertz CT molecular complexity index is 809. The maximum Gasteiger partial charge on any atom is 0.411 e. The summed E-state index contributed by atoms with van der Waals surface area (Å²) in [6.07, 6.45) is 2.48. The first-order valence-corrected chi connectivity index (χ1v) is 13.1. The van der Waals surface area contributed by atoms with Crippen molar-refractivity contribution in [3.05, 3.63) is 35.9 Å². The van der Waals surface area contributed by atoms with Gasteiger partial charge in [-0.1, -0.05) is 30.3 Å². The number of rotatable bonds is 11. The zero-order chi connectivity index (χ0) is 24.6. The van der Waals surface area contributed by atoms with Crippen LogP contribution in [0, 0.1) is 0 Å². The highest BCUT2D eigenvalue weighted by Crippen LogP contribution is 2.26. The number of aliphatic carboxylic acids is 1. The molecule has 3 aliphatic rings. The topological polar surface area (TPSA) is 79.8 Å². The second kappa shape index (κ2) is 12.7. The van der Waals surface area contributed by atoms with Crippen molar-refractivity contribution >= 4 is 12.1 Å². The molecule has 0 radical (unpaired) electrons. The summed E-state index contributed by atoms with van der Waals surface area (Å²) in [5.74, 6) is -0.735. The van der Waals surface area contributed by atoms with Gasteiger partial charge < -0.3 is 24.5 Å². The summed E-state index contributed by atoms with van der Waals surface area (Å²) in [4.78, 5) is 34.6. The van der Waals surface area contributed by atoms with E-state index in [-0.39, 0.29) is 24.8 Å². The zero-order valence-electron chi connectivity index (χ0n) is 21.1. The Hall–Kier alpha value is -2.20. The smallest absolute Gasteiger partial charge is 0.411 e. The molecule has 0 saturated carbocycles. The van der Waals surface area contributed by atoms with Crippen LogP contribution in [0.3, 0.4) is 0 Å². The van der Waals surface area contributed by atoms with Crippen molar-refractivity contribution in [3.8, 4) is 0 Å². The van der Waals surface area contributed by atoms with Gasteiger partial charge in [-0.25, -0.2) is 4.79 Å². The number of carboxylic acid groups (broad SMARTS) is 1. The molecule has 1 N–H and O–H groups in total. The molecule has 3 aliphatic heterocycles. The van der Waals surface area contributed by atoms with Crippen LogP contribution < -0.4 is 0 Å². The number of amides is 1. The Labute approximate surface area is 209 Å². The molecule has 1 amide bonds. The lowest BCUT2D eigenvalue weighted by atomic mass is 10.1. The maximum atomic E-state index is 12.4. The van der Waals surface area contributed by atoms with Crippen LogP contribution in [0.25, 0.3) is 0 Å². The van der Waals surface area contributed by atoms with Crippen molar-refractivity contribution < 1.29 is 19.4 Å². The lowest BCUT2D eigenvalue weighted by Crippen LogP contribution is -2.54. The van der Waals surface area contributed by atoms with E-state index >= 15 is 0 Å². The average Bonchev–Trinajstić information content (AvgIpc) is 3.14. The van der Waals surface area contributed by atoms with E-state index < -0.39 is 5.97 Å². The largest absolute Gasteiger partial charge is 0.481 e. The van der Waals surface area contributed by atoms with Crippen LogP contribution in [0.2, 0.25) is 0 Å². The van der Waals surface area contributed by atoms with Gasteiger partial charge in [-0.2, -0.15) is 0 Å². The summed E-state index contributed by atoms with van der Waals surface area (Å²) in [6.45, 7) is 10.7. The van der Waals surface area contributed by atoms with Crippen molar-refractivity contribution in [3.63, 3.8) is 0 Å². The van der Waals surface area contributed by atoms with Gasteiger partial charge in [0.2, 0.25) is 0 Å². The van der Waals surface area contributed by atoms with Crippen molar-refractivity contribution in [1.82, 2.24) is 24.5 Å². The molecule has 1 aromatic rings. The molecule has 3 saturated heterocycles. The minimum Gasteiger partial charge on any atom is -0.481 e. The van der Waals surface area contributed by atoms with Crippen molar-refractivity contribution in [2.24, 2.45) is 0 Å². The minimum atomic E-state index is -0.735. The van der Waals surface area contributed by atoms with Gasteiger partial charge >= 0.3 is 12.1 Å². The minimum absolute atomic E-state index is 0.0837. The first-order valence-electron chi connectivity index (χ1n) is 13.1. The van der Waals surface area contributed by atoms with E-state index in [0.29, 0.717) is 6.42 Å². The number of hydrogen-bond donors (Lipinski definition) is 1. The van der Waals surface area contributed by atoms with Gasteiger partial charge in [0.15, 0.2) is 6.23 Å². The molecule has 0 aliphatic carbocycles. The predicted molar refractivity (Wildman–Crippen MR) is 134 cm³/mol. The number of benzene rings is 1. The van der Waals surface area contributed by atoms with Crippen LogP contribution in [-0.2, 0) is 16.1 Å². The molecule has 9 heteroatoms. The van der Waals surface area contributed by atoms with Crippen molar-refractivity contribution in [2.45, 2.75) is 44.5 Å². The van der Waals surface area contributed by atoms with E-state index in [0.717, 1.165) is 84.8 Å². The second-order valence-electron chi connectivity index (χ2n) is 10.1. The first kappa shape index (κ1) is 25.9. The summed E-state index contributed by atoms with van der Waals surface area (Å²) >= 11 is 0. The summed E-state index contributed by atoms with van der Waals surface area (Å²) in [5, 5.41) is 8.84. The molecular formula is C26H41N5O4. The van der Waals surface area contributed by atoms with Gasteiger partial charge in [0.25, 0.3) is 0 Å². The molecule has 0 bridgehead atoms. The number of cyclic esters (lactones) is 1. The number of likely N-dealkylation sites (N-methyl/N-ethyl adjacent to an activating group) is 1. The summed E-state index contributed by atoms with van der Waals surface area (Å²) < 4.78 is 5.78.